The molecule has 132 valence electrons. The zero-order valence-electron chi connectivity index (χ0n) is 14.4. The molecule has 2 heterocycles. The fraction of sp³-hybridized carbons (Fsp3) is 0.278. The van der Waals surface area contributed by atoms with Gasteiger partial charge in [-0.2, -0.15) is 0 Å². The average Bonchev–Trinajstić information content (AvgIpc) is 2.54. The SMILES string of the molecule is CCOc1ccncc1NS(=O)(=O)c1ccccc1C1=CC(C)(C)N1. The molecule has 7 heteroatoms. The van der Waals surface area contributed by atoms with Crippen LogP contribution in [0, 0.1) is 0 Å². The predicted octanol–water partition coefficient (Wildman–Crippen LogP) is 3.00. The van der Waals surface area contributed by atoms with Crippen LogP contribution < -0.4 is 14.8 Å². The summed E-state index contributed by atoms with van der Waals surface area (Å²) < 4.78 is 33.9. The van der Waals surface area contributed by atoms with Crippen molar-refractivity contribution in [2.75, 3.05) is 11.3 Å². The minimum absolute atomic E-state index is 0.134. The molecule has 1 aliphatic heterocycles. The first-order chi connectivity index (χ1) is 11.8. The number of nitrogens with zero attached hydrogens (tertiary/aromatic N) is 1. The summed E-state index contributed by atoms with van der Waals surface area (Å²) in [5, 5.41) is 3.28. The normalized spacial score (nSPS) is 15.6. The van der Waals surface area contributed by atoms with Gasteiger partial charge in [0.2, 0.25) is 0 Å². The summed E-state index contributed by atoms with van der Waals surface area (Å²) in [6.07, 6.45) is 5.01. The molecule has 0 aliphatic carbocycles. The number of rotatable bonds is 6. The van der Waals surface area contributed by atoms with Gasteiger partial charge in [0.25, 0.3) is 10.0 Å². The molecular weight excluding hydrogens is 338 g/mol. The second-order valence-electron chi connectivity index (χ2n) is 6.31. The van der Waals surface area contributed by atoms with Crippen LogP contribution in [-0.4, -0.2) is 25.5 Å². The van der Waals surface area contributed by atoms with Crippen LogP contribution in [0.5, 0.6) is 5.75 Å². The molecule has 2 N–H and O–H groups in total. The van der Waals surface area contributed by atoms with Gasteiger partial charge in [-0.05, 0) is 32.9 Å². The van der Waals surface area contributed by atoms with Crippen molar-refractivity contribution in [3.05, 3.63) is 54.4 Å². The summed E-state index contributed by atoms with van der Waals surface area (Å²) in [7, 11) is -3.79. The van der Waals surface area contributed by atoms with E-state index in [-0.39, 0.29) is 10.4 Å². The second-order valence-corrected chi connectivity index (χ2v) is 7.96. The zero-order chi connectivity index (χ0) is 18.1. The van der Waals surface area contributed by atoms with Gasteiger partial charge in [-0.15, -0.1) is 0 Å². The van der Waals surface area contributed by atoms with Crippen molar-refractivity contribution in [3.63, 3.8) is 0 Å². The highest BCUT2D eigenvalue weighted by Crippen LogP contribution is 2.33. The van der Waals surface area contributed by atoms with Gasteiger partial charge in [0, 0.05) is 23.5 Å². The molecule has 0 atom stereocenters. The molecule has 1 aromatic carbocycles. The van der Waals surface area contributed by atoms with E-state index in [0.29, 0.717) is 23.6 Å². The number of benzene rings is 1. The molecule has 1 aromatic heterocycles. The highest BCUT2D eigenvalue weighted by atomic mass is 32.2. The maximum atomic E-state index is 12.9. The Morgan fingerprint density at radius 1 is 1.24 bits per heavy atom. The third kappa shape index (κ3) is 3.61. The Kier molecular flexibility index (Phi) is 4.43. The van der Waals surface area contributed by atoms with Gasteiger partial charge >= 0.3 is 0 Å². The van der Waals surface area contributed by atoms with E-state index < -0.39 is 10.0 Å². The van der Waals surface area contributed by atoms with Crippen LogP contribution in [0.15, 0.2) is 53.7 Å². The number of pyridine rings is 1. The van der Waals surface area contributed by atoms with Crippen LogP contribution >= 0.6 is 0 Å². The molecule has 0 saturated carbocycles. The summed E-state index contributed by atoms with van der Waals surface area (Å²) >= 11 is 0. The predicted molar refractivity (Wildman–Crippen MR) is 97.8 cm³/mol. The molecule has 1 aliphatic rings. The summed E-state index contributed by atoms with van der Waals surface area (Å²) in [5.74, 6) is 0.445. The topological polar surface area (TPSA) is 80.3 Å². The Morgan fingerprint density at radius 3 is 2.64 bits per heavy atom. The average molecular weight is 359 g/mol. The molecule has 0 radical (unpaired) electrons. The fourth-order valence-corrected chi connectivity index (χ4v) is 3.99. The highest BCUT2D eigenvalue weighted by Gasteiger charge is 2.30. The fourth-order valence-electron chi connectivity index (χ4n) is 2.71. The van der Waals surface area contributed by atoms with Gasteiger partial charge in [0.1, 0.15) is 11.4 Å². The maximum absolute atomic E-state index is 12.9. The van der Waals surface area contributed by atoms with Gasteiger partial charge in [0.15, 0.2) is 0 Å². The van der Waals surface area contributed by atoms with Crippen molar-refractivity contribution in [1.29, 1.82) is 0 Å². The van der Waals surface area contributed by atoms with Gasteiger partial charge in [-0.25, -0.2) is 8.42 Å². The first-order valence-corrected chi connectivity index (χ1v) is 9.51. The molecule has 0 unspecified atom stereocenters. The first kappa shape index (κ1) is 17.3. The summed E-state index contributed by atoms with van der Waals surface area (Å²) in [4.78, 5) is 4.18. The summed E-state index contributed by atoms with van der Waals surface area (Å²) in [6.45, 7) is 6.32. The molecule has 0 amide bonds. The van der Waals surface area contributed by atoms with Crippen LogP contribution in [0.25, 0.3) is 5.70 Å². The minimum Gasteiger partial charge on any atom is -0.492 e. The van der Waals surface area contributed by atoms with Crippen molar-refractivity contribution in [2.45, 2.75) is 31.2 Å². The number of anilines is 1. The summed E-state index contributed by atoms with van der Waals surface area (Å²) in [5.41, 5.74) is 1.62. The Bertz CT molecular complexity index is 921. The first-order valence-electron chi connectivity index (χ1n) is 8.02. The van der Waals surface area contributed by atoms with Gasteiger partial charge in [0.05, 0.1) is 23.2 Å². The van der Waals surface area contributed by atoms with E-state index in [1.165, 1.54) is 6.20 Å². The van der Waals surface area contributed by atoms with E-state index >= 15 is 0 Å². The van der Waals surface area contributed by atoms with Gasteiger partial charge in [-0.3, -0.25) is 9.71 Å². The lowest BCUT2D eigenvalue weighted by Crippen LogP contribution is -2.45. The molecule has 3 rings (SSSR count). The van der Waals surface area contributed by atoms with Crippen LogP contribution in [0.1, 0.15) is 26.3 Å². The largest absolute Gasteiger partial charge is 0.492 e. The Hall–Kier alpha value is -2.54. The number of nitrogens with one attached hydrogen (secondary N) is 2. The summed E-state index contributed by atoms with van der Waals surface area (Å²) in [6, 6.07) is 8.52. The van der Waals surface area contributed by atoms with Crippen LogP contribution in [0.3, 0.4) is 0 Å². The Morgan fingerprint density at radius 2 is 1.96 bits per heavy atom. The van der Waals surface area contributed by atoms with Crippen molar-refractivity contribution in [1.82, 2.24) is 10.3 Å². The minimum atomic E-state index is -3.79. The Labute approximate surface area is 148 Å². The van der Waals surface area contributed by atoms with Crippen molar-refractivity contribution < 1.29 is 13.2 Å². The molecule has 0 bridgehead atoms. The lowest BCUT2D eigenvalue weighted by molar-refractivity contribution is 0.341. The molecule has 25 heavy (non-hydrogen) atoms. The highest BCUT2D eigenvalue weighted by molar-refractivity contribution is 7.92. The number of ether oxygens (including phenoxy) is 1. The quantitative estimate of drug-likeness (QED) is 0.829. The number of aromatic nitrogens is 1. The number of hydrogen-bond acceptors (Lipinski definition) is 5. The second kappa shape index (κ2) is 6.40. The van der Waals surface area contributed by atoms with Crippen molar-refractivity contribution >= 4 is 21.4 Å². The van der Waals surface area contributed by atoms with Crippen molar-refractivity contribution in [3.8, 4) is 5.75 Å². The smallest absolute Gasteiger partial charge is 0.262 e. The molecule has 6 nitrogen and oxygen atoms in total. The van der Waals surface area contributed by atoms with Gasteiger partial charge in [-0.1, -0.05) is 18.2 Å². The van der Waals surface area contributed by atoms with Crippen molar-refractivity contribution in [2.24, 2.45) is 0 Å². The monoisotopic (exact) mass is 359 g/mol. The maximum Gasteiger partial charge on any atom is 0.262 e. The van der Waals surface area contributed by atoms with E-state index in [1.54, 1.807) is 30.5 Å². The van der Waals surface area contributed by atoms with E-state index in [2.05, 4.69) is 15.0 Å². The molecule has 0 saturated heterocycles. The molecular formula is C18H21N3O3S. The lowest BCUT2D eigenvalue weighted by atomic mass is 9.92. The zero-order valence-corrected chi connectivity index (χ0v) is 15.2. The third-order valence-corrected chi connectivity index (χ3v) is 5.18. The van der Waals surface area contributed by atoms with E-state index in [1.807, 2.05) is 32.9 Å². The molecule has 2 aromatic rings. The van der Waals surface area contributed by atoms with Crippen LogP contribution in [0.2, 0.25) is 0 Å². The van der Waals surface area contributed by atoms with Gasteiger partial charge < -0.3 is 10.1 Å². The lowest BCUT2D eigenvalue weighted by Gasteiger charge is -2.36. The molecule has 0 spiro atoms. The van der Waals surface area contributed by atoms with Crippen LogP contribution in [-0.2, 0) is 10.0 Å². The molecule has 0 fully saturated rings. The standard InChI is InChI=1S/C18H21N3O3S/c1-4-24-16-9-10-19-12-15(16)21-25(22,23)17-8-6-5-7-13(17)14-11-18(2,3)20-14/h5-12,20-21H,4H2,1-3H3. The third-order valence-electron chi connectivity index (χ3n) is 3.75. The van der Waals surface area contributed by atoms with E-state index in [9.17, 15) is 8.42 Å². The van der Waals surface area contributed by atoms with E-state index in [4.69, 9.17) is 4.74 Å². The van der Waals surface area contributed by atoms with Crippen LogP contribution in [0.4, 0.5) is 5.69 Å². The number of hydrogen-bond donors (Lipinski definition) is 2. The Balaban J connectivity index is 1.97. The van der Waals surface area contributed by atoms with E-state index in [0.717, 1.165) is 5.70 Å². The number of sulfonamides is 1.